The van der Waals surface area contributed by atoms with Crippen molar-refractivity contribution < 1.29 is 4.79 Å². The lowest BCUT2D eigenvalue weighted by Crippen LogP contribution is -2.33. The van der Waals surface area contributed by atoms with Crippen LogP contribution in [-0.4, -0.2) is 23.5 Å². The van der Waals surface area contributed by atoms with Gasteiger partial charge in [0.2, 0.25) is 5.91 Å². The molecule has 21 heavy (non-hydrogen) atoms. The van der Waals surface area contributed by atoms with E-state index in [0.29, 0.717) is 0 Å². The van der Waals surface area contributed by atoms with E-state index in [9.17, 15) is 4.79 Å². The van der Waals surface area contributed by atoms with Crippen LogP contribution >= 0.6 is 0 Å². The highest BCUT2D eigenvalue weighted by Gasteiger charge is 2.32. The Morgan fingerprint density at radius 3 is 2.67 bits per heavy atom. The third-order valence-corrected chi connectivity index (χ3v) is 3.79. The number of aromatic nitrogens is 1. The third kappa shape index (κ3) is 2.89. The minimum atomic E-state index is -0.159. The van der Waals surface area contributed by atoms with Crippen LogP contribution in [0.3, 0.4) is 0 Å². The second-order valence-electron chi connectivity index (χ2n) is 5.50. The Balaban J connectivity index is 1.73. The number of amides is 1. The molecule has 4 nitrogen and oxygen atoms in total. The van der Waals surface area contributed by atoms with Gasteiger partial charge in [-0.05, 0) is 44.5 Å². The van der Waals surface area contributed by atoms with Gasteiger partial charge in [0.05, 0.1) is 0 Å². The van der Waals surface area contributed by atoms with E-state index >= 15 is 0 Å². The molecular weight excluding hydrogens is 262 g/mol. The van der Waals surface area contributed by atoms with E-state index in [4.69, 9.17) is 0 Å². The molecule has 1 aliphatic heterocycles. The summed E-state index contributed by atoms with van der Waals surface area (Å²) in [5.74, 6) is 0.133. The molecule has 1 aromatic heterocycles. The van der Waals surface area contributed by atoms with Gasteiger partial charge in [-0.1, -0.05) is 17.7 Å². The number of pyridine rings is 1. The zero-order valence-electron chi connectivity index (χ0n) is 12.3. The van der Waals surface area contributed by atoms with E-state index in [1.807, 2.05) is 55.1 Å². The van der Waals surface area contributed by atoms with Crippen molar-refractivity contribution in [3.63, 3.8) is 0 Å². The van der Waals surface area contributed by atoms with E-state index in [1.165, 1.54) is 5.56 Å². The Hall–Kier alpha value is -2.36. The molecule has 1 fully saturated rings. The zero-order chi connectivity index (χ0) is 14.8. The number of aryl methyl sites for hydroxylation is 2. The number of anilines is 2. The van der Waals surface area contributed by atoms with Crippen LogP contribution < -0.4 is 10.2 Å². The van der Waals surface area contributed by atoms with Gasteiger partial charge in [-0.15, -0.1) is 0 Å². The van der Waals surface area contributed by atoms with Crippen molar-refractivity contribution in [3.05, 3.63) is 53.9 Å². The molecule has 1 unspecified atom stereocenters. The monoisotopic (exact) mass is 281 g/mol. The molecular formula is C17H19N3O. The average molecular weight is 281 g/mol. The minimum Gasteiger partial charge on any atom is -0.374 e. The normalized spacial score (nSPS) is 18.1. The van der Waals surface area contributed by atoms with E-state index in [1.54, 1.807) is 6.20 Å². The van der Waals surface area contributed by atoms with Crippen molar-refractivity contribution in [2.24, 2.45) is 0 Å². The summed E-state index contributed by atoms with van der Waals surface area (Å²) in [6, 6.07) is 11.8. The lowest BCUT2D eigenvalue weighted by Gasteiger charge is -2.18. The molecule has 3 rings (SSSR count). The van der Waals surface area contributed by atoms with Gasteiger partial charge in [0, 0.05) is 29.8 Å². The Morgan fingerprint density at radius 1 is 1.19 bits per heavy atom. The molecule has 1 N–H and O–H groups in total. The molecule has 2 aromatic rings. The Bertz CT molecular complexity index is 651. The number of carbonyl (C=O) groups excluding carboxylic acids is 1. The molecule has 0 bridgehead atoms. The highest BCUT2D eigenvalue weighted by Crippen LogP contribution is 2.24. The molecule has 0 aliphatic carbocycles. The number of hydrogen-bond acceptors (Lipinski definition) is 3. The first kappa shape index (κ1) is 13.6. The number of nitrogens with one attached hydrogen (secondary N) is 1. The summed E-state index contributed by atoms with van der Waals surface area (Å²) in [5.41, 5.74) is 4.07. The van der Waals surface area contributed by atoms with E-state index in [2.05, 4.69) is 10.3 Å². The third-order valence-electron chi connectivity index (χ3n) is 3.79. The van der Waals surface area contributed by atoms with Crippen LogP contribution in [0.1, 0.15) is 17.7 Å². The molecule has 108 valence electrons. The van der Waals surface area contributed by atoms with Crippen molar-refractivity contribution in [1.82, 2.24) is 4.98 Å². The zero-order valence-corrected chi connectivity index (χ0v) is 12.3. The van der Waals surface area contributed by atoms with Crippen LogP contribution in [0, 0.1) is 13.8 Å². The van der Waals surface area contributed by atoms with Crippen molar-refractivity contribution in [2.75, 3.05) is 16.8 Å². The predicted octanol–water partition coefficient (Wildman–Crippen LogP) is 2.92. The highest BCUT2D eigenvalue weighted by molar-refractivity contribution is 6.01. The van der Waals surface area contributed by atoms with Gasteiger partial charge >= 0.3 is 0 Å². The first-order valence-corrected chi connectivity index (χ1v) is 7.21. The molecule has 1 amide bonds. The largest absolute Gasteiger partial charge is 0.374 e. The van der Waals surface area contributed by atoms with Gasteiger partial charge in [0.15, 0.2) is 0 Å². The number of hydrogen-bond donors (Lipinski definition) is 1. The maximum Gasteiger partial charge on any atom is 0.249 e. The molecule has 1 saturated heterocycles. The summed E-state index contributed by atoms with van der Waals surface area (Å²) in [7, 11) is 0. The van der Waals surface area contributed by atoms with Gasteiger partial charge in [0.1, 0.15) is 6.04 Å². The number of nitrogens with zero attached hydrogens (tertiary/aromatic N) is 2. The summed E-state index contributed by atoms with van der Waals surface area (Å²) in [6.45, 7) is 4.75. The van der Waals surface area contributed by atoms with Crippen molar-refractivity contribution >= 4 is 17.3 Å². The summed E-state index contributed by atoms with van der Waals surface area (Å²) in [4.78, 5) is 18.5. The standard InChI is InChI=1S/C17H19N3O/c1-12-3-5-15(6-4-12)20-10-8-16(17(20)21)19-14-7-9-18-13(2)11-14/h3-7,9,11,16H,8,10H2,1-2H3,(H,18,19). The Morgan fingerprint density at radius 2 is 1.95 bits per heavy atom. The molecule has 0 saturated carbocycles. The summed E-state index contributed by atoms with van der Waals surface area (Å²) in [6.07, 6.45) is 2.57. The van der Waals surface area contributed by atoms with Gasteiger partial charge in [0.25, 0.3) is 0 Å². The smallest absolute Gasteiger partial charge is 0.249 e. The van der Waals surface area contributed by atoms with Gasteiger partial charge in [-0.3, -0.25) is 9.78 Å². The molecule has 0 spiro atoms. The fraction of sp³-hybridized carbons (Fsp3) is 0.294. The van der Waals surface area contributed by atoms with Crippen LogP contribution in [-0.2, 0) is 4.79 Å². The molecule has 0 radical (unpaired) electrons. The first-order chi connectivity index (χ1) is 10.1. The maximum atomic E-state index is 12.5. The number of carbonyl (C=O) groups is 1. The Labute approximate surface area is 124 Å². The minimum absolute atomic E-state index is 0.133. The van der Waals surface area contributed by atoms with Crippen molar-refractivity contribution in [1.29, 1.82) is 0 Å². The van der Waals surface area contributed by atoms with Gasteiger partial charge in [-0.25, -0.2) is 0 Å². The summed E-state index contributed by atoms with van der Waals surface area (Å²) < 4.78 is 0. The predicted molar refractivity (Wildman–Crippen MR) is 84.5 cm³/mol. The molecule has 4 heteroatoms. The highest BCUT2D eigenvalue weighted by atomic mass is 16.2. The maximum absolute atomic E-state index is 12.5. The van der Waals surface area contributed by atoms with Crippen LogP contribution in [0.25, 0.3) is 0 Å². The average Bonchev–Trinajstić information content (AvgIpc) is 2.81. The van der Waals surface area contributed by atoms with Crippen LogP contribution in [0.4, 0.5) is 11.4 Å². The molecule has 1 atom stereocenters. The van der Waals surface area contributed by atoms with Crippen molar-refractivity contribution in [3.8, 4) is 0 Å². The second-order valence-corrected chi connectivity index (χ2v) is 5.50. The Kier molecular flexibility index (Phi) is 3.60. The van der Waals surface area contributed by atoms with Crippen LogP contribution in [0.5, 0.6) is 0 Å². The van der Waals surface area contributed by atoms with Gasteiger partial charge in [-0.2, -0.15) is 0 Å². The molecule has 2 heterocycles. The topological polar surface area (TPSA) is 45.2 Å². The first-order valence-electron chi connectivity index (χ1n) is 7.21. The second kappa shape index (κ2) is 5.56. The van der Waals surface area contributed by atoms with Crippen LogP contribution in [0.2, 0.25) is 0 Å². The number of benzene rings is 1. The quantitative estimate of drug-likeness (QED) is 0.941. The number of rotatable bonds is 3. The van der Waals surface area contributed by atoms with Crippen molar-refractivity contribution in [2.45, 2.75) is 26.3 Å². The van der Waals surface area contributed by atoms with Crippen LogP contribution in [0.15, 0.2) is 42.6 Å². The van der Waals surface area contributed by atoms with E-state index in [0.717, 1.165) is 30.0 Å². The van der Waals surface area contributed by atoms with E-state index in [-0.39, 0.29) is 11.9 Å². The SMILES string of the molecule is Cc1ccc(N2CCC(Nc3ccnc(C)c3)C2=O)cc1. The fourth-order valence-corrected chi connectivity index (χ4v) is 2.63. The lowest BCUT2D eigenvalue weighted by molar-refractivity contribution is -0.117. The molecule has 1 aromatic carbocycles. The van der Waals surface area contributed by atoms with E-state index < -0.39 is 0 Å². The lowest BCUT2D eigenvalue weighted by atomic mass is 10.2. The summed E-state index contributed by atoms with van der Waals surface area (Å²) >= 11 is 0. The fourth-order valence-electron chi connectivity index (χ4n) is 2.63. The van der Waals surface area contributed by atoms with Gasteiger partial charge < -0.3 is 10.2 Å². The summed E-state index contributed by atoms with van der Waals surface area (Å²) in [5, 5.41) is 3.31. The molecule has 1 aliphatic rings.